The third-order valence-electron chi connectivity index (χ3n) is 6.03. The Morgan fingerprint density at radius 2 is 1.88 bits per heavy atom. The maximum Gasteiger partial charge on any atom is 0.230 e. The second-order valence-electron chi connectivity index (χ2n) is 8.04. The third kappa shape index (κ3) is 5.38. The van der Waals surface area contributed by atoms with Gasteiger partial charge in [-0.15, -0.1) is 10.2 Å². The normalized spacial score (nSPS) is 24.5. The molecular weight excluding hydrogens is 346 g/mol. The van der Waals surface area contributed by atoms with Crippen LogP contribution in [0.25, 0.3) is 0 Å². The highest BCUT2D eigenvalue weighted by molar-refractivity contribution is 7.99. The number of thioether (sulfide) groups is 1. The molecule has 0 radical (unpaired) electrons. The molecule has 2 atom stereocenters. The minimum atomic E-state index is 0.0699. The molecule has 1 aromatic rings. The monoisotopic (exact) mass is 379 g/mol. The van der Waals surface area contributed by atoms with E-state index in [4.69, 9.17) is 5.84 Å². The number of aromatic nitrogens is 3. The van der Waals surface area contributed by atoms with Crippen LogP contribution in [0, 0.1) is 11.8 Å². The third-order valence-corrected chi connectivity index (χ3v) is 6.97. The van der Waals surface area contributed by atoms with Crippen LogP contribution in [0.5, 0.6) is 0 Å². The van der Waals surface area contributed by atoms with Gasteiger partial charge in [-0.05, 0) is 31.1 Å². The first-order valence-electron chi connectivity index (χ1n) is 10.2. The van der Waals surface area contributed by atoms with Gasteiger partial charge in [0.25, 0.3) is 0 Å². The number of nitrogens with one attached hydrogen (secondary N) is 1. The number of nitrogens with two attached hydrogens (primary N) is 1. The number of carbonyl (C=O) groups excluding carboxylic acids is 1. The van der Waals surface area contributed by atoms with Crippen molar-refractivity contribution in [3.63, 3.8) is 0 Å². The van der Waals surface area contributed by atoms with Crippen LogP contribution in [0.15, 0.2) is 5.16 Å². The van der Waals surface area contributed by atoms with Crippen molar-refractivity contribution in [1.82, 2.24) is 20.2 Å². The average Bonchev–Trinajstić information content (AvgIpc) is 3.01. The Kier molecular flexibility index (Phi) is 7.23. The van der Waals surface area contributed by atoms with E-state index in [-0.39, 0.29) is 5.91 Å². The van der Waals surface area contributed by atoms with Crippen molar-refractivity contribution >= 4 is 17.7 Å². The average molecular weight is 380 g/mol. The molecule has 3 N–H and O–H groups in total. The van der Waals surface area contributed by atoms with Gasteiger partial charge < -0.3 is 11.2 Å². The summed E-state index contributed by atoms with van der Waals surface area (Å²) in [6.45, 7) is 2.23. The zero-order valence-corrected chi connectivity index (χ0v) is 16.8. The highest BCUT2D eigenvalue weighted by atomic mass is 32.2. The fraction of sp³-hybridized carbons (Fsp3) is 0.842. The largest absolute Gasteiger partial charge is 0.352 e. The SMILES string of the molecule is C[C@@H]1CCCC[C@H]1NC(=O)CSc1nnc(CCC2CCCCC2)n1N. The van der Waals surface area contributed by atoms with Crippen molar-refractivity contribution in [3.8, 4) is 0 Å². The summed E-state index contributed by atoms with van der Waals surface area (Å²) in [6.07, 6.45) is 13.6. The molecule has 0 unspecified atom stereocenters. The molecule has 7 heteroatoms. The predicted molar refractivity (Wildman–Crippen MR) is 105 cm³/mol. The molecule has 1 heterocycles. The summed E-state index contributed by atoms with van der Waals surface area (Å²) in [5.41, 5.74) is 0. The molecule has 2 saturated carbocycles. The molecule has 0 aliphatic heterocycles. The van der Waals surface area contributed by atoms with Gasteiger partial charge in [-0.2, -0.15) is 0 Å². The van der Waals surface area contributed by atoms with E-state index >= 15 is 0 Å². The van der Waals surface area contributed by atoms with E-state index in [1.54, 1.807) is 4.68 Å². The summed E-state index contributed by atoms with van der Waals surface area (Å²) in [7, 11) is 0. The predicted octanol–water partition coefficient (Wildman–Crippen LogP) is 3.29. The van der Waals surface area contributed by atoms with Crippen molar-refractivity contribution in [2.75, 3.05) is 11.6 Å². The molecule has 6 nitrogen and oxygen atoms in total. The molecule has 0 spiro atoms. The number of hydrogen-bond donors (Lipinski definition) is 2. The number of aryl methyl sites for hydroxylation is 1. The highest BCUT2D eigenvalue weighted by Crippen LogP contribution is 2.27. The Morgan fingerprint density at radius 1 is 1.15 bits per heavy atom. The maximum atomic E-state index is 12.3. The summed E-state index contributed by atoms with van der Waals surface area (Å²) in [5, 5.41) is 12.2. The second-order valence-corrected chi connectivity index (χ2v) is 8.98. The smallest absolute Gasteiger partial charge is 0.230 e. The molecule has 2 fully saturated rings. The van der Waals surface area contributed by atoms with E-state index in [0.717, 1.165) is 31.0 Å². The molecule has 1 aromatic heterocycles. The van der Waals surface area contributed by atoms with Crippen LogP contribution >= 0.6 is 11.8 Å². The van der Waals surface area contributed by atoms with Gasteiger partial charge >= 0.3 is 0 Å². The summed E-state index contributed by atoms with van der Waals surface area (Å²) >= 11 is 1.38. The van der Waals surface area contributed by atoms with E-state index < -0.39 is 0 Å². The topological polar surface area (TPSA) is 85.8 Å². The number of nitrogens with zero attached hydrogens (tertiary/aromatic N) is 3. The number of hydrogen-bond acceptors (Lipinski definition) is 5. The quantitative estimate of drug-likeness (QED) is 0.561. The fourth-order valence-corrected chi connectivity index (χ4v) is 4.98. The minimum Gasteiger partial charge on any atom is -0.352 e. The number of nitrogen functional groups attached to an aromatic ring is 1. The lowest BCUT2D eigenvalue weighted by atomic mass is 9.86. The van der Waals surface area contributed by atoms with Gasteiger partial charge in [0.15, 0.2) is 5.82 Å². The Labute approximate surface area is 161 Å². The Balaban J connectivity index is 1.43. The van der Waals surface area contributed by atoms with Crippen LogP contribution in [0.1, 0.15) is 77.0 Å². The van der Waals surface area contributed by atoms with Gasteiger partial charge in [0.2, 0.25) is 11.1 Å². The molecule has 26 heavy (non-hydrogen) atoms. The van der Waals surface area contributed by atoms with Crippen molar-refractivity contribution in [1.29, 1.82) is 0 Å². The Morgan fingerprint density at radius 3 is 2.65 bits per heavy atom. The van der Waals surface area contributed by atoms with Gasteiger partial charge in [0, 0.05) is 12.5 Å². The summed E-state index contributed by atoms with van der Waals surface area (Å²) in [4.78, 5) is 12.3. The fourth-order valence-electron chi connectivity index (χ4n) is 4.29. The van der Waals surface area contributed by atoms with Crippen LogP contribution in [0.4, 0.5) is 0 Å². The van der Waals surface area contributed by atoms with Gasteiger partial charge in [-0.3, -0.25) is 4.79 Å². The van der Waals surface area contributed by atoms with Crippen LogP contribution < -0.4 is 11.2 Å². The van der Waals surface area contributed by atoms with Gasteiger partial charge in [-0.25, -0.2) is 4.68 Å². The Hall–Kier alpha value is -1.24. The maximum absolute atomic E-state index is 12.3. The number of amides is 1. The second kappa shape index (κ2) is 9.62. The lowest BCUT2D eigenvalue weighted by molar-refractivity contribution is -0.119. The van der Waals surface area contributed by atoms with Crippen molar-refractivity contribution in [2.24, 2.45) is 11.8 Å². The number of carbonyl (C=O) groups is 1. The van der Waals surface area contributed by atoms with Crippen LogP contribution in [-0.4, -0.2) is 32.6 Å². The van der Waals surface area contributed by atoms with E-state index in [1.165, 1.54) is 63.1 Å². The van der Waals surface area contributed by atoms with E-state index in [1.807, 2.05) is 0 Å². The standard InChI is InChI=1S/C19H33N5OS/c1-14-7-5-6-10-16(14)21-18(25)13-26-19-23-22-17(24(19)20)12-11-15-8-3-2-4-9-15/h14-16H,2-13,20H2,1H3,(H,21,25)/t14-,16-/m1/s1. The lowest BCUT2D eigenvalue weighted by Gasteiger charge is -2.29. The first-order valence-corrected chi connectivity index (χ1v) is 11.2. The molecule has 0 saturated heterocycles. The zero-order valence-electron chi connectivity index (χ0n) is 16.0. The molecule has 3 rings (SSSR count). The van der Waals surface area contributed by atoms with Crippen LogP contribution in [0.3, 0.4) is 0 Å². The van der Waals surface area contributed by atoms with Crippen molar-refractivity contribution < 1.29 is 4.79 Å². The summed E-state index contributed by atoms with van der Waals surface area (Å²) < 4.78 is 1.57. The first kappa shape index (κ1) is 19.5. The molecule has 2 aliphatic carbocycles. The minimum absolute atomic E-state index is 0.0699. The number of rotatable bonds is 7. The van der Waals surface area contributed by atoms with Crippen LogP contribution in [0.2, 0.25) is 0 Å². The van der Waals surface area contributed by atoms with Crippen molar-refractivity contribution in [3.05, 3.63) is 5.82 Å². The van der Waals surface area contributed by atoms with Gasteiger partial charge in [0.1, 0.15) is 0 Å². The van der Waals surface area contributed by atoms with E-state index in [9.17, 15) is 4.79 Å². The van der Waals surface area contributed by atoms with Crippen LogP contribution in [-0.2, 0) is 11.2 Å². The van der Waals surface area contributed by atoms with E-state index in [0.29, 0.717) is 22.9 Å². The summed E-state index contributed by atoms with van der Waals surface area (Å²) in [5.74, 6) is 8.78. The van der Waals surface area contributed by atoms with Crippen molar-refractivity contribution in [2.45, 2.75) is 88.8 Å². The Bertz CT molecular complexity index is 584. The molecular formula is C19H33N5OS. The molecule has 2 aliphatic rings. The molecule has 0 bridgehead atoms. The van der Waals surface area contributed by atoms with Gasteiger partial charge in [0.05, 0.1) is 5.75 Å². The first-order chi connectivity index (χ1) is 12.6. The zero-order chi connectivity index (χ0) is 18.4. The summed E-state index contributed by atoms with van der Waals surface area (Å²) in [6, 6.07) is 0.318. The highest BCUT2D eigenvalue weighted by Gasteiger charge is 2.23. The van der Waals surface area contributed by atoms with E-state index in [2.05, 4.69) is 22.4 Å². The van der Waals surface area contributed by atoms with Gasteiger partial charge in [-0.1, -0.05) is 63.6 Å². The molecule has 146 valence electrons. The molecule has 1 amide bonds. The molecule has 0 aromatic carbocycles. The lowest BCUT2D eigenvalue weighted by Crippen LogP contribution is -2.41.